The van der Waals surface area contributed by atoms with Crippen molar-refractivity contribution in [1.82, 2.24) is 4.90 Å². The number of carbonyl (C=O) groups excluding carboxylic acids is 1. The Morgan fingerprint density at radius 2 is 1.90 bits per heavy atom. The van der Waals surface area contributed by atoms with Crippen LogP contribution in [0, 0.1) is 29.6 Å². The summed E-state index contributed by atoms with van der Waals surface area (Å²) in [5.74, 6) is 0.350. The first kappa shape index (κ1) is 16.8. The average molecular weight is 306 g/mol. The van der Waals surface area contributed by atoms with Crippen LogP contribution in [-0.4, -0.2) is 30.5 Å². The minimum absolute atomic E-state index is 0.126. The molecule has 0 atom stereocenters. The SMILES string of the molecule is Cc1cc(Cl)ccc1OCC(=O)N(CCC#N)CCC#N. The van der Waals surface area contributed by atoms with E-state index in [1.54, 1.807) is 18.2 Å². The number of aryl methyl sites for hydroxylation is 1. The number of benzene rings is 1. The molecule has 0 fully saturated rings. The van der Waals surface area contributed by atoms with Crippen molar-refractivity contribution in [2.24, 2.45) is 0 Å². The predicted molar refractivity (Wildman–Crippen MR) is 78.7 cm³/mol. The smallest absolute Gasteiger partial charge is 0.260 e. The standard InChI is InChI=1S/C15H16ClN3O2/c1-12-10-13(16)4-5-14(12)21-11-15(20)19(8-2-6-17)9-3-7-18/h4-5,10H,2-3,8-9,11H2,1H3. The molecule has 21 heavy (non-hydrogen) atoms. The van der Waals surface area contributed by atoms with Crippen LogP contribution in [0.1, 0.15) is 18.4 Å². The Hall–Kier alpha value is -2.24. The van der Waals surface area contributed by atoms with Crippen LogP contribution in [0.3, 0.4) is 0 Å². The lowest BCUT2D eigenvalue weighted by Crippen LogP contribution is -2.36. The summed E-state index contributed by atoms with van der Waals surface area (Å²) in [5.41, 5.74) is 0.843. The minimum atomic E-state index is -0.241. The van der Waals surface area contributed by atoms with Gasteiger partial charge in [0.2, 0.25) is 0 Å². The van der Waals surface area contributed by atoms with Crippen molar-refractivity contribution in [1.29, 1.82) is 10.5 Å². The summed E-state index contributed by atoms with van der Waals surface area (Å²) in [5, 5.41) is 17.8. The van der Waals surface area contributed by atoms with E-state index in [2.05, 4.69) is 0 Å². The van der Waals surface area contributed by atoms with Crippen LogP contribution in [-0.2, 0) is 4.79 Å². The topological polar surface area (TPSA) is 77.1 Å². The lowest BCUT2D eigenvalue weighted by Gasteiger charge is -2.20. The van der Waals surface area contributed by atoms with E-state index in [0.717, 1.165) is 5.56 Å². The molecule has 0 aromatic heterocycles. The van der Waals surface area contributed by atoms with Crippen LogP contribution in [0.2, 0.25) is 5.02 Å². The Morgan fingerprint density at radius 1 is 1.29 bits per heavy atom. The molecule has 6 heteroatoms. The van der Waals surface area contributed by atoms with Gasteiger partial charge in [-0.2, -0.15) is 10.5 Å². The average Bonchev–Trinajstić information content (AvgIpc) is 2.46. The molecule has 110 valence electrons. The van der Waals surface area contributed by atoms with Crippen molar-refractivity contribution in [3.8, 4) is 17.9 Å². The third-order valence-corrected chi connectivity index (χ3v) is 3.06. The molecular weight excluding hydrogens is 290 g/mol. The zero-order valence-electron chi connectivity index (χ0n) is 11.8. The summed E-state index contributed by atoms with van der Waals surface area (Å²) in [6, 6.07) is 9.13. The van der Waals surface area contributed by atoms with Gasteiger partial charge < -0.3 is 9.64 Å². The van der Waals surface area contributed by atoms with Gasteiger partial charge in [-0.15, -0.1) is 0 Å². The van der Waals surface area contributed by atoms with Crippen molar-refractivity contribution in [3.63, 3.8) is 0 Å². The van der Waals surface area contributed by atoms with Gasteiger partial charge in [-0.25, -0.2) is 0 Å². The van der Waals surface area contributed by atoms with Gasteiger partial charge >= 0.3 is 0 Å². The molecule has 0 bridgehead atoms. The third kappa shape index (κ3) is 5.72. The van der Waals surface area contributed by atoms with E-state index in [1.165, 1.54) is 4.90 Å². The second-order valence-corrected chi connectivity index (χ2v) is 4.83. The van der Waals surface area contributed by atoms with Crippen LogP contribution in [0.25, 0.3) is 0 Å². The summed E-state index contributed by atoms with van der Waals surface area (Å²) >= 11 is 5.85. The van der Waals surface area contributed by atoms with E-state index in [9.17, 15) is 4.79 Å². The van der Waals surface area contributed by atoms with E-state index in [4.69, 9.17) is 26.9 Å². The number of ether oxygens (including phenoxy) is 1. The maximum Gasteiger partial charge on any atom is 0.260 e. The molecule has 0 aliphatic rings. The summed E-state index contributed by atoms with van der Waals surface area (Å²) in [7, 11) is 0. The summed E-state index contributed by atoms with van der Waals surface area (Å²) in [6.45, 7) is 2.33. The summed E-state index contributed by atoms with van der Waals surface area (Å²) in [6.07, 6.45) is 0.467. The first-order valence-electron chi connectivity index (χ1n) is 6.49. The third-order valence-electron chi connectivity index (χ3n) is 2.83. The van der Waals surface area contributed by atoms with E-state index < -0.39 is 0 Å². The number of hydrogen-bond donors (Lipinski definition) is 0. The molecule has 0 aliphatic heterocycles. The second kappa shape index (κ2) is 8.84. The monoisotopic (exact) mass is 305 g/mol. The lowest BCUT2D eigenvalue weighted by atomic mass is 10.2. The first-order chi connectivity index (χ1) is 10.1. The van der Waals surface area contributed by atoms with Gasteiger partial charge in [-0.3, -0.25) is 4.79 Å². The van der Waals surface area contributed by atoms with E-state index in [-0.39, 0.29) is 25.4 Å². The molecule has 1 amide bonds. The summed E-state index contributed by atoms with van der Waals surface area (Å²) in [4.78, 5) is 13.5. The van der Waals surface area contributed by atoms with Crippen LogP contribution in [0.5, 0.6) is 5.75 Å². The molecule has 0 N–H and O–H groups in total. The predicted octanol–water partition coefficient (Wildman–Crippen LogP) is 2.68. The van der Waals surface area contributed by atoms with E-state index in [1.807, 2.05) is 19.1 Å². The van der Waals surface area contributed by atoms with Crippen molar-refractivity contribution in [3.05, 3.63) is 28.8 Å². The van der Waals surface area contributed by atoms with Crippen LogP contribution < -0.4 is 4.74 Å². The number of nitrogens with zero attached hydrogens (tertiary/aromatic N) is 3. The molecule has 0 radical (unpaired) electrons. The molecule has 0 spiro atoms. The molecule has 0 saturated carbocycles. The molecular formula is C15H16ClN3O2. The van der Waals surface area contributed by atoms with Crippen molar-refractivity contribution in [2.75, 3.05) is 19.7 Å². The second-order valence-electron chi connectivity index (χ2n) is 4.40. The molecule has 0 unspecified atom stereocenters. The van der Waals surface area contributed by atoms with Gasteiger partial charge in [-0.1, -0.05) is 11.6 Å². The zero-order chi connectivity index (χ0) is 15.7. The summed E-state index contributed by atoms with van der Waals surface area (Å²) < 4.78 is 5.48. The maximum absolute atomic E-state index is 12.1. The van der Waals surface area contributed by atoms with Gasteiger partial charge in [-0.05, 0) is 30.7 Å². The number of nitriles is 2. The lowest BCUT2D eigenvalue weighted by molar-refractivity contribution is -0.133. The zero-order valence-corrected chi connectivity index (χ0v) is 12.6. The largest absolute Gasteiger partial charge is 0.483 e. The fourth-order valence-corrected chi connectivity index (χ4v) is 1.96. The van der Waals surface area contributed by atoms with Gasteiger partial charge in [0.25, 0.3) is 5.91 Å². The number of amides is 1. The molecule has 1 rings (SSSR count). The fourth-order valence-electron chi connectivity index (χ4n) is 1.74. The molecule has 0 saturated heterocycles. The number of halogens is 1. The number of hydrogen-bond acceptors (Lipinski definition) is 4. The van der Waals surface area contributed by atoms with Gasteiger partial charge in [0.05, 0.1) is 25.0 Å². The Balaban J connectivity index is 2.60. The highest BCUT2D eigenvalue weighted by Gasteiger charge is 2.14. The van der Waals surface area contributed by atoms with Gasteiger partial charge in [0.1, 0.15) is 5.75 Å². The highest BCUT2D eigenvalue weighted by Crippen LogP contribution is 2.21. The first-order valence-corrected chi connectivity index (χ1v) is 6.87. The van der Waals surface area contributed by atoms with E-state index >= 15 is 0 Å². The van der Waals surface area contributed by atoms with Crippen LogP contribution in [0.15, 0.2) is 18.2 Å². The van der Waals surface area contributed by atoms with Crippen molar-refractivity contribution >= 4 is 17.5 Å². The Kier molecular flexibility index (Phi) is 7.08. The Labute approximate surface area is 129 Å². The number of carbonyl (C=O) groups is 1. The Morgan fingerprint density at radius 3 is 2.43 bits per heavy atom. The van der Waals surface area contributed by atoms with Gasteiger partial charge in [0, 0.05) is 18.1 Å². The highest BCUT2D eigenvalue weighted by atomic mass is 35.5. The highest BCUT2D eigenvalue weighted by molar-refractivity contribution is 6.30. The quantitative estimate of drug-likeness (QED) is 0.776. The molecule has 0 heterocycles. The van der Waals surface area contributed by atoms with E-state index in [0.29, 0.717) is 23.9 Å². The molecule has 0 aliphatic carbocycles. The Bertz CT molecular complexity index is 557. The fraction of sp³-hybridized carbons (Fsp3) is 0.400. The number of rotatable bonds is 7. The normalized spacial score (nSPS) is 9.52. The maximum atomic E-state index is 12.1. The molecule has 1 aromatic carbocycles. The van der Waals surface area contributed by atoms with Crippen LogP contribution >= 0.6 is 11.6 Å². The molecule has 1 aromatic rings. The minimum Gasteiger partial charge on any atom is -0.483 e. The van der Waals surface area contributed by atoms with Crippen LogP contribution in [0.4, 0.5) is 0 Å². The van der Waals surface area contributed by atoms with Crippen molar-refractivity contribution in [2.45, 2.75) is 19.8 Å². The van der Waals surface area contributed by atoms with Crippen molar-refractivity contribution < 1.29 is 9.53 Å². The van der Waals surface area contributed by atoms with Gasteiger partial charge in [0.15, 0.2) is 6.61 Å². The molecule has 5 nitrogen and oxygen atoms in total.